The molecule has 3 rings (SSSR count). The van der Waals surface area contributed by atoms with Gasteiger partial charge in [0.05, 0.1) is 11.6 Å². The van der Waals surface area contributed by atoms with Gasteiger partial charge in [-0.3, -0.25) is 4.79 Å². The lowest BCUT2D eigenvalue weighted by Crippen LogP contribution is -2.29. The van der Waals surface area contributed by atoms with Crippen molar-refractivity contribution in [1.82, 2.24) is 5.32 Å². The van der Waals surface area contributed by atoms with Gasteiger partial charge in [-0.05, 0) is 78.2 Å². The highest BCUT2D eigenvalue weighted by atomic mass is 32.2. The van der Waals surface area contributed by atoms with E-state index in [0.29, 0.717) is 17.1 Å². The molecular weight excluding hydrogens is 430 g/mol. The van der Waals surface area contributed by atoms with E-state index < -0.39 is 10.0 Å². The zero-order chi connectivity index (χ0) is 23.3. The number of primary sulfonamides is 1. The van der Waals surface area contributed by atoms with Gasteiger partial charge in [0.15, 0.2) is 0 Å². The van der Waals surface area contributed by atoms with Gasteiger partial charge in [0.1, 0.15) is 17.2 Å². The minimum absolute atomic E-state index is 0.0126. The highest BCUT2D eigenvalue weighted by Gasteiger charge is 2.11. The summed E-state index contributed by atoms with van der Waals surface area (Å²) < 4.78 is 28.7. The Bertz CT molecular complexity index is 1250. The molecule has 0 aliphatic rings. The number of sulfonamides is 1. The average Bonchev–Trinajstić information content (AvgIpc) is 2.75. The van der Waals surface area contributed by atoms with Gasteiger partial charge in [0, 0.05) is 5.57 Å². The Kier molecular flexibility index (Phi) is 6.94. The normalized spacial score (nSPS) is 11.8. The molecule has 0 fully saturated rings. The van der Waals surface area contributed by atoms with Gasteiger partial charge in [0.25, 0.3) is 0 Å². The lowest BCUT2D eigenvalue weighted by molar-refractivity contribution is -0.117. The average molecular weight is 454 g/mol. The molecule has 0 aromatic heterocycles. The van der Waals surface area contributed by atoms with Crippen LogP contribution in [0.3, 0.4) is 0 Å². The van der Waals surface area contributed by atoms with Crippen LogP contribution in [0, 0.1) is 0 Å². The first kappa shape index (κ1) is 23.0. The summed E-state index contributed by atoms with van der Waals surface area (Å²) in [6.45, 7) is 1.72. The Morgan fingerprint density at radius 3 is 2.25 bits per heavy atom. The number of carbonyl (C=O) groups is 1. The standard InChI is InChI=1S/C23H23N3O5S/c1-15(23(28)26-14-24)12-17-4-7-20(13-22(17)16-2-5-18(27)6-3-16)31-19-8-10-21(11-9-19)32(25,29)30/h2-13,27H,14,24H2,1H3,(H,26,28)(H2,25,29,30). The summed E-state index contributed by atoms with van der Waals surface area (Å²) in [4.78, 5) is 12.1. The topological polar surface area (TPSA) is 145 Å². The second-order valence-electron chi connectivity index (χ2n) is 6.95. The van der Waals surface area contributed by atoms with Crippen molar-refractivity contribution < 1.29 is 23.1 Å². The van der Waals surface area contributed by atoms with Crippen molar-refractivity contribution in [1.29, 1.82) is 0 Å². The highest BCUT2D eigenvalue weighted by Crippen LogP contribution is 2.33. The molecule has 3 aromatic rings. The van der Waals surface area contributed by atoms with Gasteiger partial charge in [-0.1, -0.05) is 18.2 Å². The fraction of sp³-hybridized carbons (Fsp3) is 0.0870. The first-order valence-electron chi connectivity index (χ1n) is 9.58. The van der Waals surface area contributed by atoms with Crippen LogP contribution in [0.15, 0.2) is 77.2 Å². The fourth-order valence-corrected chi connectivity index (χ4v) is 3.50. The predicted octanol–water partition coefficient (Wildman–Crippen LogP) is 2.93. The Balaban J connectivity index is 1.99. The number of nitrogens with two attached hydrogens (primary N) is 2. The number of rotatable bonds is 7. The van der Waals surface area contributed by atoms with Crippen LogP contribution in [-0.4, -0.2) is 26.1 Å². The molecule has 0 radical (unpaired) electrons. The van der Waals surface area contributed by atoms with Gasteiger partial charge in [-0.25, -0.2) is 13.6 Å². The second kappa shape index (κ2) is 9.65. The van der Waals surface area contributed by atoms with E-state index in [1.807, 2.05) is 0 Å². The molecule has 166 valence electrons. The number of carbonyl (C=O) groups excluding carboxylic acids is 1. The first-order valence-corrected chi connectivity index (χ1v) is 11.1. The number of phenols is 1. The number of benzene rings is 3. The molecule has 3 aromatic carbocycles. The number of nitrogens with one attached hydrogen (secondary N) is 1. The molecule has 0 saturated carbocycles. The molecule has 0 spiro atoms. The first-order chi connectivity index (χ1) is 15.2. The van der Waals surface area contributed by atoms with Crippen LogP contribution < -0.4 is 20.9 Å². The third kappa shape index (κ3) is 5.73. The van der Waals surface area contributed by atoms with Gasteiger partial charge in [0.2, 0.25) is 15.9 Å². The molecule has 0 aliphatic heterocycles. The number of amides is 1. The van der Waals surface area contributed by atoms with Gasteiger partial charge >= 0.3 is 0 Å². The monoisotopic (exact) mass is 453 g/mol. The minimum Gasteiger partial charge on any atom is -0.508 e. The fourth-order valence-electron chi connectivity index (χ4n) is 2.98. The van der Waals surface area contributed by atoms with Crippen LogP contribution in [0.2, 0.25) is 0 Å². The van der Waals surface area contributed by atoms with Crippen molar-refractivity contribution in [3.8, 4) is 28.4 Å². The van der Waals surface area contributed by atoms with Crippen molar-refractivity contribution >= 4 is 22.0 Å². The smallest absolute Gasteiger partial charge is 0.247 e. The van der Waals surface area contributed by atoms with E-state index in [2.05, 4.69) is 5.32 Å². The van der Waals surface area contributed by atoms with E-state index in [1.165, 1.54) is 24.3 Å². The summed E-state index contributed by atoms with van der Waals surface area (Å²) in [5.74, 6) is 0.777. The summed E-state index contributed by atoms with van der Waals surface area (Å²) >= 11 is 0. The predicted molar refractivity (Wildman–Crippen MR) is 122 cm³/mol. The van der Waals surface area contributed by atoms with Crippen molar-refractivity contribution in [2.75, 3.05) is 6.67 Å². The van der Waals surface area contributed by atoms with Gasteiger partial charge in [-0.15, -0.1) is 0 Å². The van der Waals surface area contributed by atoms with E-state index in [-0.39, 0.29) is 23.2 Å². The summed E-state index contributed by atoms with van der Waals surface area (Å²) in [5.41, 5.74) is 8.19. The SMILES string of the molecule is CC(=Cc1ccc(Oc2ccc(S(N)(=O)=O)cc2)cc1-c1ccc(O)cc1)C(=O)NCN. The Morgan fingerprint density at radius 1 is 1.03 bits per heavy atom. The maximum absolute atomic E-state index is 12.1. The quantitative estimate of drug-likeness (QED) is 0.320. The molecule has 8 nitrogen and oxygen atoms in total. The van der Waals surface area contributed by atoms with E-state index in [0.717, 1.165) is 16.7 Å². The van der Waals surface area contributed by atoms with Crippen molar-refractivity contribution in [2.24, 2.45) is 10.9 Å². The van der Waals surface area contributed by atoms with E-state index in [4.69, 9.17) is 15.6 Å². The molecule has 1 amide bonds. The van der Waals surface area contributed by atoms with Crippen molar-refractivity contribution in [3.63, 3.8) is 0 Å². The molecule has 32 heavy (non-hydrogen) atoms. The summed E-state index contributed by atoms with van der Waals surface area (Å²) in [5, 5.41) is 17.3. The lowest BCUT2D eigenvalue weighted by Gasteiger charge is -2.12. The van der Waals surface area contributed by atoms with E-state index >= 15 is 0 Å². The van der Waals surface area contributed by atoms with Crippen LogP contribution in [0.25, 0.3) is 17.2 Å². The van der Waals surface area contributed by atoms with Crippen LogP contribution in [0.5, 0.6) is 17.2 Å². The zero-order valence-corrected chi connectivity index (χ0v) is 18.1. The number of aromatic hydroxyl groups is 1. The zero-order valence-electron chi connectivity index (χ0n) is 17.3. The number of phenolic OH excluding ortho intramolecular Hbond substituents is 1. The largest absolute Gasteiger partial charge is 0.508 e. The maximum Gasteiger partial charge on any atom is 0.247 e. The second-order valence-corrected chi connectivity index (χ2v) is 8.51. The molecular formula is C23H23N3O5S. The molecule has 0 unspecified atom stereocenters. The van der Waals surface area contributed by atoms with Crippen LogP contribution in [0.4, 0.5) is 0 Å². The van der Waals surface area contributed by atoms with Gasteiger partial charge < -0.3 is 20.9 Å². The third-order valence-corrected chi connectivity index (χ3v) is 5.51. The number of hydrogen-bond acceptors (Lipinski definition) is 6. The summed E-state index contributed by atoms with van der Waals surface area (Å²) in [6, 6.07) is 17.7. The third-order valence-electron chi connectivity index (χ3n) is 4.58. The molecule has 0 bridgehead atoms. The van der Waals surface area contributed by atoms with Gasteiger partial charge in [-0.2, -0.15) is 0 Å². The van der Waals surface area contributed by atoms with Crippen molar-refractivity contribution in [3.05, 3.63) is 77.9 Å². The minimum atomic E-state index is -3.79. The highest BCUT2D eigenvalue weighted by molar-refractivity contribution is 7.89. The molecule has 9 heteroatoms. The maximum atomic E-state index is 12.1. The summed E-state index contributed by atoms with van der Waals surface area (Å²) in [7, 11) is -3.79. The lowest BCUT2D eigenvalue weighted by atomic mass is 9.97. The summed E-state index contributed by atoms with van der Waals surface area (Å²) in [6.07, 6.45) is 1.73. The van der Waals surface area contributed by atoms with Crippen LogP contribution in [0.1, 0.15) is 12.5 Å². The van der Waals surface area contributed by atoms with Crippen LogP contribution in [-0.2, 0) is 14.8 Å². The Hall–Kier alpha value is -3.66. The van der Waals surface area contributed by atoms with Crippen LogP contribution >= 0.6 is 0 Å². The Morgan fingerprint density at radius 2 is 1.66 bits per heavy atom. The van der Waals surface area contributed by atoms with E-state index in [9.17, 15) is 18.3 Å². The molecule has 0 saturated heterocycles. The van der Waals surface area contributed by atoms with E-state index in [1.54, 1.807) is 55.5 Å². The Labute approximate surface area is 186 Å². The molecule has 6 N–H and O–H groups in total. The number of ether oxygens (including phenoxy) is 1. The molecule has 0 heterocycles. The molecule has 0 atom stereocenters. The number of hydrogen-bond donors (Lipinski definition) is 4. The molecule has 0 aliphatic carbocycles. The van der Waals surface area contributed by atoms with Crippen molar-refractivity contribution in [2.45, 2.75) is 11.8 Å².